The van der Waals surface area contributed by atoms with E-state index in [0.717, 1.165) is 22.4 Å². The van der Waals surface area contributed by atoms with Crippen molar-refractivity contribution in [1.29, 1.82) is 0 Å². The van der Waals surface area contributed by atoms with Crippen molar-refractivity contribution in [2.75, 3.05) is 14.2 Å². The highest BCUT2D eigenvalue weighted by Gasteiger charge is 2.41. The molecule has 0 bridgehead atoms. The van der Waals surface area contributed by atoms with E-state index >= 15 is 0 Å². The molecule has 0 amide bonds. The zero-order valence-electron chi connectivity index (χ0n) is 13.7. The van der Waals surface area contributed by atoms with E-state index in [1.165, 1.54) is 0 Å². The molecule has 0 radical (unpaired) electrons. The summed E-state index contributed by atoms with van der Waals surface area (Å²) >= 11 is 0. The number of hydrogen-bond acceptors (Lipinski definition) is 3. The van der Waals surface area contributed by atoms with Gasteiger partial charge in [0.05, 0.1) is 19.9 Å². The van der Waals surface area contributed by atoms with Crippen LogP contribution in [0.3, 0.4) is 0 Å². The Morgan fingerprint density at radius 2 is 1.67 bits per heavy atom. The molecule has 24 heavy (non-hydrogen) atoms. The maximum Gasteiger partial charge on any atom is 0.161 e. The predicted octanol–water partition coefficient (Wildman–Crippen LogP) is 3.15. The highest BCUT2D eigenvalue weighted by Crippen LogP contribution is 2.45. The van der Waals surface area contributed by atoms with Crippen LogP contribution < -0.4 is 9.47 Å². The highest BCUT2D eigenvalue weighted by molar-refractivity contribution is 5.57. The van der Waals surface area contributed by atoms with Crippen molar-refractivity contribution in [2.24, 2.45) is 0 Å². The normalized spacial score (nSPS) is 18.6. The minimum Gasteiger partial charge on any atom is -0.493 e. The van der Waals surface area contributed by atoms with E-state index < -0.39 is 5.60 Å². The fourth-order valence-electron chi connectivity index (χ4n) is 3.57. The third kappa shape index (κ3) is 1.96. The summed E-state index contributed by atoms with van der Waals surface area (Å²) in [5.74, 6) is 1.29. The van der Waals surface area contributed by atoms with Gasteiger partial charge >= 0.3 is 0 Å². The number of hydrogen-bond donors (Lipinski definition) is 1. The van der Waals surface area contributed by atoms with E-state index in [4.69, 9.17) is 9.47 Å². The van der Waals surface area contributed by atoms with Crippen LogP contribution in [0, 0.1) is 0 Å². The van der Waals surface area contributed by atoms with Gasteiger partial charge in [-0.15, -0.1) is 0 Å². The molecule has 1 aromatic heterocycles. The second kappa shape index (κ2) is 5.42. The molecule has 4 heteroatoms. The topological polar surface area (TPSA) is 43.6 Å². The molecule has 0 aliphatic carbocycles. The molecule has 1 aliphatic rings. The van der Waals surface area contributed by atoms with Gasteiger partial charge in [0.15, 0.2) is 17.1 Å². The lowest BCUT2D eigenvalue weighted by molar-refractivity contribution is 0.110. The van der Waals surface area contributed by atoms with E-state index in [0.29, 0.717) is 18.0 Å². The minimum atomic E-state index is -1.22. The molecule has 122 valence electrons. The van der Waals surface area contributed by atoms with Gasteiger partial charge in [0.25, 0.3) is 0 Å². The Labute approximate surface area is 140 Å². The van der Waals surface area contributed by atoms with E-state index in [1.807, 2.05) is 60.8 Å². The van der Waals surface area contributed by atoms with E-state index in [2.05, 4.69) is 4.57 Å². The Morgan fingerprint density at radius 3 is 2.38 bits per heavy atom. The average molecular weight is 321 g/mol. The zero-order chi connectivity index (χ0) is 16.7. The summed E-state index contributed by atoms with van der Waals surface area (Å²) < 4.78 is 13.0. The number of fused-ring (bicyclic) bond motifs is 2. The lowest BCUT2D eigenvalue weighted by Gasteiger charge is -2.37. The van der Waals surface area contributed by atoms with Gasteiger partial charge in [-0.2, -0.15) is 0 Å². The first kappa shape index (κ1) is 14.8. The number of aliphatic hydroxyl groups is 1. The van der Waals surface area contributed by atoms with Crippen LogP contribution in [0.2, 0.25) is 0 Å². The van der Waals surface area contributed by atoms with Gasteiger partial charge in [0.1, 0.15) is 0 Å². The van der Waals surface area contributed by atoms with Crippen LogP contribution in [-0.2, 0) is 12.1 Å². The molecule has 4 rings (SSSR count). The second-order valence-electron chi connectivity index (χ2n) is 5.96. The van der Waals surface area contributed by atoms with Crippen molar-refractivity contribution in [2.45, 2.75) is 12.1 Å². The first-order valence-corrected chi connectivity index (χ1v) is 7.87. The number of ether oxygens (including phenoxy) is 2. The summed E-state index contributed by atoms with van der Waals surface area (Å²) in [7, 11) is 3.23. The van der Waals surface area contributed by atoms with Gasteiger partial charge in [0, 0.05) is 18.3 Å². The fourth-order valence-corrected chi connectivity index (χ4v) is 3.57. The Balaban J connectivity index is 2.03. The fraction of sp³-hybridized carbons (Fsp3) is 0.200. The Morgan fingerprint density at radius 1 is 0.958 bits per heavy atom. The molecule has 0 saturated carbocycles. The standard InChI is InChI=1S/C20H19NO3/c1-23-17-11-14-13-21-10-6-9-19(21)20(22,15-7-4-3-5-8-15)16(14)12-18(17)24-2/h3-12,22H,13H2,1-2H3. The maximum absolute atomic E-state index is 11.8. The number of aromatic nitrogens is 1. The van der Waals surface area contributed by atoms with Crippen LogP contribution in [0.1, 0.15) is 22.4 Å². The van der Waals surface area contributed by atoms with Crippen LogP contribution in [0.15, 0.2) is 60.8 Å². The third-order valence-electron chi connectivity index (χ3n) is 4.73. The summed E-state index contributed by atoms with van der Waals surface area (Å²) in [6.45, 7) is 0.688. The second-order valence-corrected chi connectivity index (χ2v) is 5.96. The number of benzene rings is 2. The average Bonchev–Trinajstić information content (AvgIpc) is 3.10. The van der Waals surface area contributed by atoms with Gasteiger partial charge in [-0.05, 0) is 35.4 Å². The highest BCUT2D eigenvalue weighted by atomic mass is 16.5. The van der Waals surface area contributed by atoms with Gasteiger partial charge < -0.3 is 19.1 Å². The van der Waals surface area contributed by atoms with Crippen LogP contribution in [-0.4, -0.2) is 23.9 Å². The first-order valence-electron chi connectivity index (χ1n) is 7.87. The van der Waals surface area contributed by atoms with E-state index in [9.17, 15) is 5.11 Å². The monoisotopic (exact) mass is 321 g/mol. The molecule has 2 heterocycles. The van der Waals surface area contributed by atoms with Gasteiger partial charge in [-0.3, -0.25) is 0 Å². The summed E-state index contributed by atoms with van der Waals surface area (Å²) in [4.78, 5) is 0. The molecule has 1 atom stereocenters. The predicted molar refractivity (Wildman–Crippen MR) is 91.6 cm³/mol. The molecule has 4 nitrogen and oxygen atoms in total. The van der Waals surface area contributed by atoms with Crippen molar-refractivity contribution in [3.05, 3.63) is 83.2 Å². The molecule has 1 unspecified atom stereocenters. The summed E-state index contributed by atoms with van der Waals surface area (Å²) in [6, 6.07) is 17.5. The molecule has 3 aromatic rings. The van der Waals surface area contributed by atoms with E-state index in [1.54, 1.807) is 14.2 Å². The van der Waals surface area contributed by atoms with E-state index in [-0.39, 0.29) is 0 Å². The van der Waals surface area contributed by atoms with Crippen LogP contribution in [0.4, 0.5) is 0 Å². The summed E-state index contributed by atoms with van der Waals surface area (Å²) in [6.07, 6.45) is 1.99. The number of rotatable bonds is 3. The molecular weight excluding hydrogens is 302 g/mol. The SMILES string of the molecule is COc1cc2c(cc1OC)C(O)(c1ccccc1)c1cccn1C2. The smallest absolute Gasteiger partial charge is 0.161 e. The van der Waals surface area contributed by atoms with Crippen molar-refractivity contribution in [3.63, 3.8) is 0 Å². The van der Waals surface area contributed by atoms with Crippen molar-refractivity contribution < 1.29 is 14.6 Å². The molecular formula is C20H19NO3. The van der Waals surface area contributed by atoms with Crippen LogP contribution in [0.5, 0.6) is 11.5 Å². The Bertz CT molecular complexity index is 885. The largest absolute Gasteiger partial charge is 0.493 e. The lowest BCUT2D eigenvalue weighted by atomic mass is 9.79. The Hall–Kier alpha value is -2.72. The lowest BCUT2D eigenvalue weighted by Crippen LogP contribution is -2.36. The van der Waals surface area contributed by atoms with Gasteiger partial charge in [-0.1, -0.05) is 30.3 Å². The maximum atomic E-state index is 11.8. The third-order valence-corrected chi connectivity index (χ3v) is 4.73. The minimum absolute atomic E-state index is 0.616. The zero-order valence-corrected chi connectivity index (χ0v) is 13.7. The molecule has 1 aliphatic heterocycles. The van der Waals surface area contributed by atoms with Crippen molar-refractivity contribution in [1.82, 2.24) is 4.57 Å². The number of nitrogens with zero attached hydrogens (tertiary/aromatic N) is 1. The van der Waals surface area contributed by atoms with Crippen molar-refractivity contribution >= 4 is 0 Å². The van der Waals surface area contributed by atoms with Crippen LogP contribution in [0.25, 0.3) is 0 Å². The van der Waals surface area contributed by atoms with Gasteiger partial charge in [0.2, 0.25) is 0 Å². The Kier molecular flexibility index (Phi) is 3.36. The molecule has 2 aromatic carbocycles. The summed E-state index contributed by atoms with van der Waals surface area (Å²) in [5, 5.41) is 11.8. The van der Waals surface area contributed by atoms with Gasteiger partial charge in [-0.25, -0.2) is 0 Å². The molecule has 0 fully saturated rings. The van der Waals surface area contributed by atoms with Crippen molar-refractivity contribution in [3.8, 4) is 11.5 Å². The number of methoxy groups -OCH3 is 2. The molecule has 0 spiro atoms. The first-order chi connectivity index (χ1) is 11.7. The molecule has 1 N–H and O–H groups in total. The van der Waals surface area contributed by atoms with Crippen LogP contribution >= 0.6 is 0 Å². The molecule has 0 saturated heterocycles. The quantitative estimate of drug-likeness (QED) is 0.806. The summed E-state index contributed by atoms with van der Waals surface area (Å²) in [5.41, 5.74) is 2.31.